The fourth-order valence-electron chi connectivity index (χ4n) is 3.46. The minimum absolute atomic E-state index is 0.108. The van der Waals surface area contributed by atoms with Gasteiger partial charge in [-0.3, -0.25) is 19.0 Å². The molecule has 1 N–H and O–H groups in total. The number of carbonyl (C=O) groups is 1. The Hall–Kier alpha value is -2.55. The van der Waals surface area contributed by atoms with E-state index in [4.69, 9.17) is 56.2 Å². The lowest BCUT2D eigenvalue weighted by Gasteiger charge is -2.11. The number of pyridine rings is 2. The SMILES string of the molecule is CCOC(=O)Cn1c(=O)cc(Cl)c2ccc(Cl)cc21.O=c1cc(Cl)c2ccc(Cl)cc2n1CCO. The molecule has 0 saturated carbocycles. The summed E-state index contributed by atoms with van der Waals surface area (Å²) in [7, 11) is 0. The third-order valence-electron chi connectivity index (χ3n) is 4.96. The normalized spacial score (nSPS) is 10.8. The maximum Gasteiger partial charge on any atom is 0.326 e. The Morgan fingerprint density at radius 1 is 0.829 bits per heavy atom. The van der Waals surface area contributed by atoms with E-state index < -0.39 is 5.97 Å². The number of nitrogens with zero attached hydrogens (tertiary/aromatic N) is 2. The van der Waals surface area contributed by atoms with Crippen molar-refractivity contribution < 1.29 is 14.6 Å². The smallest absolute Gasteiger partial charge is 0.326 e. The first kappa shape index (κ1) is 27.0. The molecular weight excluding hydrogens is 538 g/mol. The average molecular weight is 558 g/mol. The number of hydrogen-bond donors (Lipinski definition) is 1. The first-order valence-electron chi connectivity index (χ1n) is 10.4. The van der Waals surface area contributed by atoms with Crippen molar-refractivity contribution in [3.05, 3.63) is 89.3 Å². The Balaban J connectivity index is 0.000000198. The van der Waals surface area contributed by atoms with Gasteiger partial charge in [-0.2, -0.15) is 0 Å². The van der Waals surface area contributed by atoms with Crippen LogP contribution in [0.4, 0.5) is 0 Å². The van der Waals surface area contributed by atoms with Gasteiger partial charge in [0, 0.05) is 39.5 Å². The first-order valence-corrected chi connectivity index (χ1v) is 11.9. The van der Waals surface area contributed by atoms with Crippen LogP contribution < -0.4 is 11.1 Å². The quantitative estimate of drug-likeness (QED) is 0.342. The van der Waals surface area contributed by atoms with E-state index in [0.29, 0.717) is 36.5 Å². The minimum atomic E-state index is -0.479. The predicted molar refractivity (Wildman–Crippen MR) is 140 cm³/mol. The van der Waals surface area contributed by atoms with Crippen LogP contribution in [0.1, 0.15) is 6.92 Å². The highest BCUT2D eigenvalue weighted by molar-refractivity contribution is 6.36. The number of hydrogen-bond acceptors (Lipinski definition) is 5. The zero-order valence-corrected chi connectivity index (χ0v) is 21.5. The van der Waals surface area contributed by atoms with Gasteiger partial charge < -0.3 is 14.4 Å². The molecule has 4 rings (SSSR count). The van der Waals surface area contributed by atoms with E-state index in [1.165, 1.54) is 21.3 Å². The number of esters is 1. The highest BCUT2D eigenvalue weighted by Gasteiger charge is 2.12. The molecule has 0 aliphatic rings. The van der Waals surface area contributed by atoms with Crippen molar-refractivity contribution in [1.29, 1.82) is 0 Å². The van der Waals surface area contributed by atoms with E-state index in [1.807, 2.05) is 0 Å². The molecule has 0 bridgehead atoms. The fraction of sp³-hybridized carbons (Fsp3) is 0.208. The van der Waals surface area contributed by atoms with Gasteiger partial charge in [-0.25, -0.2) is 0 Å². The second-order valence-electron chi connectivity index (χ2n) is 7.25. The van der Waals surface area contributed by atoms with Gasteiger partial charge in [-0.05, 0) is 43.3 Å². The molecule has 11 heteroatoms. The van der Waals surface area contributed by atoms with Crippen LogP contribution in [0.5, 0.6) is 0 Å². The lowest BCUT2D eigenvalue weighted by molar-refractivity contribution is -0.143. The zero-order chi connectivity index (χ0) is 25.7. The number of halogens is 4. The summed E-state index contributed by atoms with van der Waals surface area (Å²) in [5.41, 5.74) is 0.540. The van der Waals surface area contributed by atoms with E-state index in [-0.39, 0.29) is 37.4 Å². The van der Waals surface area contributed by atoms with Crippen LogP contribution in [0.25, 0.3) is 21.8 Å². The van der Waals surface area contributed by atoms with Gasteiger partial charge in [-0.15, -0.1) is 0 Å². The summed E-state index contributed by atoms with van der Waals surface area (Å²) >= 11 is 23.8. The monoisotopic (exact) mass is 556 g/mol. The topological polar surface area (TPSA) is 90.5 Å². The number of carbonyl (C=O) groups excluding carboxylic acids is 1. The number of aliphatic hydroxyl groups excluding tert-OH is 1. The molecule has 184 valence electrons. The summed E-state index contributed by atoms with van der Waals surface area (Å²) in [6.45, 7) is 1.92. The molecule has 2 aromatic heterocycles. The zero-order valence-electron chi connectivity index (χ0n) is 18.4. The number of ether oxygens (including phenoxy) is 1. The summed E-state index contributed by atoms with van der Waals surface area (Å²) in [6.07, 6.45) is 0. The Morgan fingerprint density at radius 3 is 1.80 bits per heavy atom. The van der Waals surface area contributed by atoms with Crippen LogP contribution in [-0.2, 0) is 22.6 Å². The van der Waals surface area contributed by atoms with Gasteiger partial charge in [0.05, 0.1) is 34.3 Å². The predicted octanol–water partition coefficient (Wildman–Crippen LogP) is 5.17. The first-order chi connectivity index (χ1) is 16.7. The van der Waals surface area contributed by atoms with Crippen molar-refractivity contribution in [2.75, 3.05) is 13.2 Å². The molecule has 7 nitrogen and oxygen atoms in total. The molecule has 0 fully saturated rings. The summed E-state index contributed by atoms with van der Waals surface area (Å²) in [4.78, 5) is 35.1. The summed E-state index contributed by atoms with van der Waals surface area (Å²) in [5, 5.41) is 12.0. The van der Waals surface area contributed by atoms with Gasteiger partial charge in [0.25, 0.3) is 11.1 Å². The molecule has 0 amide bonds. The van der Waals surface area contributed by atoms with Crippen LogP contribution in [0.3, 0.4) is 0 Å². The van der Waals surface area contributed by atoms with Crippen LogP contribution >= 0.6 is 46.4 Å². The molecule has 0 atom stereocenters. The fourth-order valence-corrected chi connectivity index (χ4v) is 4.29. The van der Waals surface area contributed by atoms with Crippen molar-refractivity contribution in [2.24, 2.45) is 0 Å². The van der Waals surface area contributed by atoms with Gasteiger partial charge in [-0.1, -0.05) is 46.4 Å². The van der Waals surface area contributed by atoms with Crippen molar-refractivity contribution in [1.82, 2.24) is 9.13 Å². The summed E-state index contributed by atoms with van der Waals surface area (Å²) < 4.78 is 7.59. The van der Waals surface area contributed by atoms with E-state index >= 15 is 0 Å². The maximum absolute atomic E-state index is 11.9. The van der Waals surface area contributed by atoms with E-state index in [1.54, 1.807) is 43.3 Å². The lowest BCUT2D eigenvalue weighted by atomic mass is 10.2. The Morgan fingerprint density at radius 2 is 1.31 bits per heavy atom. The van der Waals surface area contributed by atoms with Crippen LogP contribution in [0.2, 0.25) is 20.1 Å². The van der Waals surface area contributed by atoms with Gasteiger partial charge in [0.15, 0.2) is 0 Å². The van der Waals surface area contributed by atoms with Crippen molar-refractivity contribution in [3.8, 4) is 0 Å². The number of aliphatic hydroxyl groups is 1. The lowest BCUT2D eigenvalue weighted by Crippen LogP contribution is -2.25. The second kappa shape index (κ2) is 11.9. The second-order valence-corrected chi connectivity index (χ2v) is 8.94. The Kier molecular flexibility index (Phi) is 9.21. The molecule has 0 spiro atoms. The van der Waals surface area contributed by atoms with Gasteiger partial charge in [0.1, 0.15) is 6.54 Å². The molecule has 0 radical (unpaired) electrons. The van der Waals surface area contributed by atoms with Gasteiger partial charge in [0.2, 0.25) is 0 Å². The largest absolute Gasteiger partial charge is 0.465 e. The standard InChI is InChI=1S/C13H11Cl2NO3.C11H9Cl2NO2/c1-2-19-13(18)7-16-11-5-8(14)3-4-9(11)10(15)6-12(16)17;12-7-1-2-8-9(13)6-11(16)14(3-4-15)10(8)5-7/h3-6H,2,7H2,1H3;1-2,5-6,15H,3-4H2. The van der Waals surface area contributed by atoms with E-state index in [2.05, 4.69) is 0 Å². The summed E-state index contributed by atoms with van der Waals surface area (Å²) in [5.74, 6) is -0.479. The molecule has 4 aromatic rings. The highest BCUT2D eigenvalue weighted by atomic mass is 35.5. The molecular formula is C24H20Cl4N2O5. The minimum Gasteiger partial charge on any atom is -0.465 e. The molecule has 0 unspecified atom stereocenters. The van der Waals surface area contributed by atoms with Gasteiger partial charge >= 0.3 is 5.97 Å². The molecule has 35 heavy (non-hydrogen) atoms. The molecule has 2 aromatic carbocycles. The molecule has 0 saturated heterocycles. The van der Waals surface area contributed by atoms with Crippen LogP contribution in [-0.4, -0.2) is 33.4 Å². The summed E-state index contributed by atoms with van der Waals surface area (Å²) in [6, 6.07) is 12.7. The van der Waals surface area contributed by atoms with Crippen LogP contribution in [0, 0.1) is 0 Å². The average Bonchev–Trinajstić information content (AvgIpc) is 2.79. The van der Waals surface area contributed by atoms with Crippen LogP contribution in [0.15, 0.2) is 58.1 Å². The van der Waals surface area contributed by atoms with E-state index in [0.717, 1.165) is 5.39 Å². The third kappa shape index (κ3) is 6.37. The Labute approximate surface area is 220 Å². The van der Waals surface area contributed by atoms with Crippen molar-refractivity contribution in [3.63, 3.8) is 0 Å². The molecule has 0 aliphatic heterocycles. The number of fused-ring (bicyclic) bond motifs is 2. The van der Waals surface area contributed by atoms with Crippen molar-refractivity contribution >= 4 is 74.2 Å². The van der Waals surface area contributed by atoms with Crippen molar-refractivity contribution in [2.45, 2.75) is 20.0 Å². The highest BCUT2D eigenvalue weighted by Crippen LogP contribution is 2.25. The Bertz CT molecular complexity index is 1510. The molecule has 0 aliphatic carbocycles. The van der Waals surface area contributed by atoms with E-state index in [9.17, 15) is 14.4 Å². The number of benzene rings is 2. The number of rotatable bonds is 5. The maximum atomic E-state index is 11.9. The third-order valence-corrected chi connectivity index (χ3v) is 6.06. The molecule has 2 heterocycles. The number of aromatic nitrogens is 2.